The van der Waals surface area contributed by atoms with Crippen molar-refractivity contribution in [1.82, 2.24) is 20.2 Å². The van der Waals surface area contributed by atoms with Gasteiger partial charge < -0.3 is 15.2 Å². The van der Waals surface area contributed by atoms with Gasteiger partial charge in [0, 0.05) is 18.0 Å². The zero-order chi connectivity index (χ0) is 19.8. The summed E-state index contributed by atoms with van der Waals surface area (Å²) in [7, 11) is 0. The van der Waals surface area contributed by atoms with E-state index in [0.717, 1.165) is 17.8 Å². The van der Waals surface area contributed by atoms with Gasteiger partial charge in [-0.15, -0.1) is 0 Å². The number of aliphatic hydroxyl groups is 1. The molecular weight excluding hydrogens is 356 g/mol. The highest BCUT2D eigenvalue weighted by molar-refractivity contribution is 5.90. The van der Waals surface area contributed by atoms with Crippen molar-refractivity contribution in [3.63, 3.8) is 0 Å². The van der Waals surface area contributed by atoms with Crippen LogP contribution < -0.4 is 10.1 Å². The van der Waals surface area contributed by atoms with Gasteiger partial charge in [0.1, 0.15) is 11.6 Å². The second-order valence-electron chi connectivity index (χ2n) is 7.31. The number of aromatic amines is 1. The molecule has 0 spiro atoms. The summed E-state index contributed by atoms with van der Waals surface area (Å²) in [6, 6.07) is 2.82. The number of ether oxygens (including phenoxy) is 1. The molecule has 0 fully saturated rings. The van der Waals surface area contributed by atoms with Gasteiger partial charge in [-0.1, -0.05) is 20.8 Å². The van der Waals surface area contributed by atoms with Gasteiger partial charge in [0.25, 0.3) is 0 Å². The van der Waals surface area contributed by atoms with E-state index in [1.54, 1.807) is 6.92 Å². The second kappa shape index (κ2) is 7.07. The number of hydrogen-bond acceptors (Lipinski definition) is 6. The van der Waals surface area contributed by atoms with E-state index in [0.29, 0.717) is 22.9 Å². The molecule has 3 N–H and O–H groups in total. The van der Waals surface area contributed by atoms with E-state index in [1.165, 1.54) is 0 Å². The number of benzene rings is 1. The molecule has 2 heterocycles. The van der Waals surface area contributed by atoms with E-state index in [-0.39, 0.29) is 23.7 Å². The summed E-state index contributed by atoms with van der Waals surface area (Å²) in [5.74, 6) is -1.37. The van der Waals surface area contributed by atoms with Crippen LogP contribution in [0, 0.1) is 11.6 Å². The van der Waals surface area contributed by atoms with E-state index < -0.39 is 17.7 Å². The number of nitrogens with zero attached hydrogens (tertiary/aromatic N) is 3. The summed E-state index contributed by atoms with van der Waals surface area (Å²) in [4.78, 5) is 8.54. The zero-order valence-corrected chi connectivity index (χ0v) is 15.5. The smallest absolute Gasteiger partial charge is 0.326 e. The average molecular weight is 377 g/mol. The number of nitrogens with one attached hydrogen (secondary N) is 2. The monoisotopic (exact) mass is 377 g/mol. The Labute approximate surface area is 154 Å². The molecule has 0 aliphatic carbocycles. The molecule has 0 radical (unpaired) electrons. The molecular formula is C18H21F2N5O2. The third-order valence-electron chi connectivity index (χ3n) is 3.77. The fourth-order valence-corrected chi connectivity index (χ4v) is 2.53. The standard InChI is InChI=1S/C18H21F2N5O2/c1-9(26)8-21-15-13-14(18(2,3)4)24-25-16(13)23-17(22-15)27-12-6-5-10(19)7-11(12)20/h5-7,9,26H,8H2,1-4H3,(H2,21,22,23,24,25). The lowest BCUT2D eigenvalue weighted by Crippen LogP contribution is -2.18. The van der Waals surface area contributed by atoms with Crippen molar-refractivity contribution in [2.75, 3.05) is 11.9 Å². The third-order valence-corrected chi connectivity index (χ3v) is 3.77. The van der Waals surface area contributed by atoms with Gasteiger partial charge >= 0.3 is 6.01 Å². The second-order valence-corrected chi connectivity index (χ2v) is 7.31. The molecule has 0 saturated carbocycles. The van der Waals surface area contributed by atoms with Crippen LogP contribution in [0.2, 0.25) is 0 Å². The minimum absolute atomic E-state index is 0.134. The summed E-state index contributed by atoms with van der Waals surface area (Å²) in [6.45, 7) is 7.88. The van der Waals surface area contributed by atoms with Crippen LogP contribution in [0.15, 0.2) is 18.2 Å². The number of fused-ring (bicyclic) bond motifs is 1. The van der Waals surface area contributed by atoms with Crippen LogP contribution in [0.3, 0.4) is 0 Å². The highest BCUT2D eigenvalue weighted by Crippen LogP contribution is 2.33. The molecule has 144 valence electrons. The largest absolute Gasteiger partial charge is 0.421 e. The Kier molecular flexibility index (Phi) is 4.97. The van der Waals surface area contributed by atoms with E-state index >= 15 is 0 Å². The van der Waals surface area contributed by atoms with Crippen LogP contribution >= 0.6 is 0 Å². The maximum Gasteiger partial charge on any atom is 0.326 e. The highest BCUT2D eigenvalue weighted by atomic mass is 19.1. The number of halogens is 2. The lowest BCUT2D eigenvalue weighted by atomic mass is 9.90. The molecule has 0 aliphatic heterocycles. The first kappa shape index (κ1) is 19.0. The van der Waals surface area contributed by atoms with Crippen molar-refractivity contribution in [3.8, 4) is 11.8 Å². The molecule has 3 rings (SSSR count). The van der Waals surface area contributed by atoms with Crippen LogP contribution in [-0.2, 0) is 5.41 Å². The first-order chi connectivity index (χ1) is 12.6. The van der Waals surface area contributed by atoms with Gasteiger partial charge in [0.2, 0.25) is 0 Å². The molecule has 1 atom stereocenters. The molecule has 0 amide bonds. The minimum atomic E-state index is -0.864. The van der Waals surface area contributed by atoms with E-state index in [2.05, 4.69) is 25.5 Å². The number of anilines is 1. The molecule has 7 nitrogen and oxygen atoms in total. The summed E-state index contributed by atoms with van der Waals surface area (Å²) in [6.07, 6.45) is -0.612. The Balaban J connectivity index is 2.07. The molecule has 3 aromatic rings. The Morgan fingerprint density at radius 1 is 1.26 bits per heavy atom. The Bertz CT molecular complexity index is 966. The number of rotatable bonds is 5. The van der Waals surface area contributed by atoms with Gasteiger partial charge in [-0.2, -0.15) is 15.1 Å². The first-order valence-electron chi connectivity index (χ1n) is 8.46. The predicted octanol–water partition coefficient (Wildman–Crippen LogP) is 3.51. The summed E-state index contributed by atoms with van der Waals surface area (Å²) >= 11 is 0. The summed E-state index contributed by atoms with van der Waals surface area (Å²) < 4.78 is 32.4. The van der Waals surface area contributed by atoms with Crippen LogP contribution in [0.4, 0.5) is 14.6 Å². The Morgan fingerprint density at radius 2 is 2.00 bits per heavy atom. The van der Waals surface area contributed by atoms with Crippen LogP contribution in [0.1, 0.15) is 33.4 Å². The van der Waals surface area contributed by atoms with E-state index in [4.69, 9.17) is 4.74 Å². The molecule has 1 aromatic carbocycles. The van der Waals surface area contributed by atoms with Crippen molar-refractivity contribution in [2.24, 2.45) is 0 Å². The summed E-state index contributed by atoms with van der Waals surface area (Å²) in [5, 5.41) is 20.4. The van der Waals surface area contributed by atoms with E-state index in [9.17, 15) is 13.9 Å². The van der Waals surface area contributed by atoms with Crippen molar-refractivity contribution in [2.45, 2.75) is 39.2 Å². The van der Waals surface area contributed by atoms with Crippen LogP contribution in [0.5, 0.6) is 11.8 Å². The van der Waals surface area contributed by atoms with Gasteiger partial charge in [-0.05, 0) is 19.1 Å². The van der Waals surface area contributed by atoms with E-state index in [1.807, 2.05) is 20.8 Å². The zero-order valence-electron chi connectivity index (χ0n) is 15.5. The molecule has 9 heteroatoms. The quantitative estimate of drug-likeness (QED) is 0.630. The number of H-pyrrole nitrogens is 1. The maximum absolute atomic E-state index is 13.9. The number of aliphatic hydroxyl groups excluding tert-OH is 1. The van der Waals surface area contributed by atoms with Crippen LogP contribution in [0.25, 0.3) is 11.0 Å². The maximum atomic E-state index is 13.9. The van der Waals surface area contributed by atoms with Gasteiger partial charge in [0.15, 0.2) is 17.2 Å². The highest BCUT2D eigenvalue weighted by Gasteiger charge is 2.25. The number of hydrogen-bond donors (Lipinski definition) is 3. The van der Waals surface area contributed by atoms with Gasteiger partial charge in [-0.25, -0.2) is 8.78 Å². The molecule has 0 aliphatic rings. The normalized spacial score (nSPS) is 13.0. The number of aromatic nitrogens is 4. The molecule has 1 unspecified atom stereocenters. The molecule has 27 heavy (non-hydrogen) atoms. The third kappa shape index (κ3) is 4.13. The fraction of sp³-hybridized carbons (Fsp3) is 0.389. The first-order valence-corrected chi connectivity index (χ1v) is 8.46. The van der Waals surface area contributed by atoms with Crippen LogP contribution in [-0.4, -0.2) is 37.9 Å². The minimum Gasteiger partial charge on any atom is -0.421 e. The lowest BCUT2D eigenvalue weighted by Gasteiger charge is -2.17. The molecule has 0 saturated heterocycles. The van der Waals surface area contributed by atoms with Crippen molar-refractivity contribution in [1.29, 1.82) is 0 Å². The fourth-order valence-electron chi connectivity index (χ4n) is 2.53. The Morgan fingerprint density at radius 3 is 2.63 bits per heavy atom. The molecule has 2 aromatic heterocycles. The average Bonchev–Trinajstić information content (AvgIpc) is 2.99. The lowest BCUT2D eigenvalue weighted by molar-refractivity contribution is 0.208. The van der Waals surface area contributed by atoms with Crippen molar-refractivity contribution >= 4 is 16.9 Å². The Hall–Kier alpha value is -2.81. The van der Waals surface area contributed by atoms with Gasteiger partial charge in [0.05, 0.1) is 17.2 Å². The SMILES string of the molecule is CC(O)CNc1nc(Oc2ccc(F)cc2F)nc2[nH]nc(C(C)(C)C)c12. The van der Waals surface area contributed by atoms with Crippen molar-refractivity contribution in [3.05, 3.63) is 35.5 Å². The topological polar surface area (TPSA) is 96.0 Å². The predicted molar refractivity (Wildman–Crippen MR) is 97.0 cm³/mol. The van der Waals surface area contributed by atoms with Gasteiger partial charge in [-0.3, -0.25) is 5.10 Å². The van der Waals surface area contributed by atoms with Crippen molar-refractivity contribution < 1.29 is 18.6 Å². The summed E-state index contributed by atoms with van der Waals surface area (Å²) in [5.41, 5.74) is 0.861. The molecule has 0 bridgehead atoms.